The second-order valence-corrected chi connectivity index (χ2v) is 4.46. The van der Waals surface area contributed by atoms with E-state index in [-0.39, 0.29) is 36.1 Å². The monoisotopic (exact) mass is 239 g/mol. The van der Waals surface area contributed by atoms with E-state index in [1.807, 2.05) is 0 Å². The first-order valence-electron chi connectivity index (χ1n) is 5.87. The molecule has 0 saturated carbocycles. The normalized spacial score (nSPS) is 27.9. The number of hydrogen-bond acceptors (Lipinski definition) is 4. The smallest absolute Gasteiger partial charge is 0.236 e. The molecule has 2 fully saturated rings. The number of amides is 3. The fourth-order valence-corrected chi connectivity index (χ4v) is 2.59. The molecule has 0 aromatic carbocycles. The Hall–Kier alpha value is -1.43. The van der Waals surface area contributed by atoms with Crippen molar-refractivity contribution in [3.63, 3.8) is 0 Å². The summed E-state index contributed by atoms with van der Waals surface area (Å²) in [5.74, 6) is -0.929. The Labute approximate surface area is 99.9 Å². The quantitative estimate of drug-likeness (QED) is 0.619. The summed E-state index contributed by atoms with van der Waals surface area (Å²) in [6, 6.07) is 0. The Morgan fingerprint density at radius 3 is 2.24 bits per heavy atom. The summed E-state index contributed by atoms with van der Waals surface area (Å²) in [7, 11) is 1.70. The number of imide groups is 1. The number of carbonyl (C=O) groups is 3. The summed E-state index contributed by atoms with van der Waals surface area (Å²) in [6.07, 6.45) is 0. The van der Waals surface area contributed by atoms with E-state index in [9.17, 15) is 14.4 Å². The van der Waals surface area contributed by atoms with E-state index in [1.165, 1.54) is 4.90 Å². The molecule has 2 rings (SSSR count). The van der Waals surface area contributed by atoms with Gasteiger partial charge in [0.1, 0.15) is 0 Å². The highest BCUT2D eigenvalue weighted by atomic mass is 16.2. The average molecular weight is 239 g/mol. The summed E-state index contributed by atoms with van der Waals surface area (Å²) in [5.41, 5.74) is 0. The van der Waals surface area contributed by atoms with E-state index in [2.05, 4.69) is 5.32 Å². The molecule has 17 heavy (non-hydrogen) atoms. The molecular formula is C11H17N3O3. The van der Waals surface area contributed by atoms with Crippen molar-refractivity contribution in [1.29, 1.82) is 0 Å². The maximum atomic E-state index is 11.9. The molecule has 2 atom stereocenters. The van der Waals surface area contributed by atoms with Gasteiger partial charge in [-0.15, -0.1) is 0 Å². The second kappa shape index (κ2) is 4.44. The molecule has 0 aliphatic carbocycles. The first-order chi connectivity index (χ1) is 8.10. The van der Waals surface area contributed by atoms with Gasteiger partial charge in [-0.1, -0.05) is 0 Å². The number of likely N-dealkylation sites (tertiary alicyclic amines) is 2. The zero-order valence-corrected chi connectivity index (χ0v) is 10.1. The molecule has 2 aliphatic heterocycles. The van der Waals surface area contributed by atoms with Crippen molar-refractivity contribution in [2.24, 2.45) is 11.8 Å². The number of fused-ring (bicyclic) bond motifs is 1. The van der Waals surface area contributed by atoms with Gasteiger partial charge >= 0.3 is 0 Å². The summed E-state index contributed by atoms with van der Waals surface area (Å²) >= 11 is 0. The molecule has 94 valence electrons. The third-order valence-electron chi connectivity index (χ3n) is 3.48. The van der Waals surface area contributed by atoms with Crippen LogP contribution in [0.5, 0.6) is 0 Å². The van der Waals surface area contributed by atoms with Crippen LogP contribution in [0.2, 0.25) is 0 Å². The minimum absolute atomic E-state index is 0.0504. The predicted octanol–water partition coefficient (Wildman–Crippen LogP) is -1.33. The molecule has 0 unspecified atom stereocenters. The third-order valence-corrected chi connectivity index (χ3v) is 3.48. The van der Waals surface area contributed by atoms with Crippen molar-refractivity contribution >= 4 is 17.7 Å². The van der Waals surface area contributed by atoms with Crippen LogP contribution in [-0.2, 0) is 14.4 Å². The van der Waals surface area contributed by atoms with E-state index in [4.69, 9.17) is 0 Å². The standard InChI is InChI=1S/C11H17N3O3/c1-3-14-10(16)7-5-13(9(15)4-12-2)6-8(7)11(14)17/h7-8,12H,3-6H2,1-2H3/t7-,8+. The Morgan fingerprint density at radius 1 is 1.29 bits per heavy atom. The van der Waals surface area contributed by atoms with Crippen molar-refractivity contribution in [2.75, 3.05) is 33.2 Å². The van der Waals surface area contributed by atoms with Crippen LogP contribution >= 0.6 is 0 Å². The lowest BCUT2D eigenvalue weighted by atomic mass is 10.00. The van der Waals surface area contributed by atoms with Crippen molar-refractivity contribution in [3.8, 4) is 0 Å². The minimum Gasteiger partial charge on any atom is -0.340 e. The summed E-state index contributed by atoms with van der Waals surface area (Å²) in [6.45, 7) is 3.23. The molecule has 0 bridgehead atoms. The number of rotatable bonds is 3. The average Bonchev–Trinajstić information content (AvgIpc) is 2.81. The zero-order valence-electron chi connectivity index (χ0n) is 10.1. The van der Waals surface area contributed by atoms with Gasteiger partial charge in [0.15, 0.2) is 0 Å². The van der Waals surface area contributed by atoms with Gasteiger partial charge < -0.3 is 10.2 Å². The van der Waals surface area contributed by atoms with Crippen LogP contribution in [-0.4, -0.2) is 60.7 Å². The Bertz CT molecular complexity index is 345. The molecule has 3 amide bonds. The molecule has 2 aliphatic rings. The van der Waals surface area contributed by atoms with Crippen LogP contribution in [0.15, 0.2) is 0 Å². The number of nitrogens with one attached hydrogen (secondary N) is 1. The lowest BCUT2D eigenvalue weighted by molar-refractivity contribution is -0.140. The van der Waals surface area contributed by atoms with Crippen LogP contribution in [0.25, 0.3) is 0 Å². The van der Waals surface area contributed by atoms with Gasteiger partial charge in [0.2, 0.25) is 17.7 Å². The topological polar surface area (TPSA) is 69.7 Å². The molecule has 0 aromatic rings. The number of nitrogens with zero attached hydrogens (tertiary/aromatic N) is 2. The maximum absolute atomic E-state index is 11.9. The molecule has 1 N–H and O–H groups in total. The van der Waals surface area contributed by atoms with E-state index < -0.39 is 0 Å². The van der Waals surface area contributed by atoms with Gasteiger partial charge in [0, 0.05) is 19.6 Å². The summed E-state index contributed by atoms with van der Waals surface area (Å²) < 4.78 is 0. The number of hydrogen-bond donors (Lipinski definition) is 1. The fraction of sp³-hybridized carbons (Fsp3) is 0.727. The van der Waals surface area contributed by atoms with Crippen LogP contribution in [0.3, 0.4) is 0 Å². The second-order valence-electron chi connectivity index (χ2n) is 4.46. The van der Waals surface area contributed by atoms with Gasteiger partial charge in [0.05, 0.1) is 18.4 Å². The lowest BCUT2D eigenvalue weighted by Gasteiger charge is -2.19. The van der Waals surface area contributed by atoms with E-state index in [0.717, 1.165) is 0 Å². The number of likely N-dealkylation sites (N-methyl/N-ethyl adjacent to an activating group) is 1. The zero-order chi connectivity index (χ0) is 12.6. The minimum atomic E-state index is -0.316. The summed E-state index contributed by atoms with van der Waals surface area (Å²) in [5, 5.41) is 2.78. The van der Waals surface area contributed by atoms with Gasteiger partial charge in [-0.2, -0.15) is 0 Å². The molecule has 6 heteroatoms. The first kappa shape index (κ1) is 12.0. The Balaban J connectivity index is 2.07. The van der Waals surface area contributed by atoms with Gasteiger partial charge in [-0.05, 0) is 14.0 Å². The van der Waals surface area contributed by atoms with E-state index in [1.54, 1.807) is 18.9 Å². The molecule has 0 aromatic heterocycles. The molecule has 0 spiro atoms. The van der Waals surface area contributed by atoms with Crippen molar-refractivity contribution in [1.82, 2.24) is 15.1 Å². The Morgan fingerprint density at radius 2 is 1.82 bits per heavy atom. The molecule has 0 radical (unpaired) electrons. The van der Waals surface area contributed by atoms with Crippen molar-refractivity contribution in [2.45, 2.75) is 6.92 Å². The maximum Gasteiger partial charge on any atom is 0.236 e. The first-order valence-corrected chi connectivity index (χ1v) is 5.87. The fourth-order valence-electron chi connectivity index (χ4n) is 2.59. The van der Waals surface area contributed by atoms with Gasteiger partial charge in [-0.25, -0.2) is 0 Å². The molecule has 2 heterocycles. The molecular weight excluding hydrogens is 222 g/mol. The highest BCUT2D eigenvalue weighted by Gasteiger charge is 2.52. The van der Waals surface area contributed by atoms with Crippen LogP contribution in [0, 0.1) is 11.8 Å². The molecule has 6 nitrogen and oxygen atoms in total. The Kier molecular flexibility index (Phi) is 3.15. The summed E-state index contributed by atoms with van der Waals surface area (Å²) in [4.78, 5) is 38.4. The highest BCUT2D eigenvalue weighted by molar-refractivity contribution is 6.06. The van der Waals surface area contributed by atoms with Crippen LogP contribution in [0.4, 0.5) is 0 Å². The van der Waals surface area contributed by atoms with Gasteiger partial charge in [-0.3, -0.25) is 19.3 Å². The SMILES string of the molecule is CCN1C(=O)[C@H]2CN(C(=O)CNC)C[C@H]2C1=O. The van der Waals surface area contributed by atoms with E-state index >= 15 is 0 Å². The van der Waals surface area contributed by atoms with Crippen molar-refractivity contribution in [3.05, 3.63) is 0 Å². The predicted molar refractivity (Wildman–Crippen MR) is 59.9 cm³/mol. The van der Waals surface area contributed by atoms with E-state index in [0.29, 0.717) is 19.6 Å². The molecule has 2 saturated heterocycles. The van der Waals surface area contributed by atoms with Gasteiger partial charge in [0.25, 0.3) is 0 Å². The van der Waals surface area contributed by atoms with Crippen LogP contribution in [0.1, 0.15) is 6.92 Å². The largest absolute Gasteiger partial charge is 0.340 e. The lowest BCUT2D eigenvalue weighted by Crippen LogP contribution is -2.40. The van der Waals surface area contributed by atoms with Crippen molar-refractivity contribution < 1.29 is 14.4 Å². The number of carbonyl (C=O) groups excluding carboxylic acids is 3. The third kappa shape index (κ3) is 1.82. The highest BCUT2D eigenvalue weighted by Crippen LogP contribution is 2.33. The van der Waals surface area contributed by atoms with Crippen LogP contribution < -0.4 is 5.32 Å².